The molecule has 3 rings (SSSR count). The summed E-state index contributed by atoms with van der Waals surface area (Å²) in [6.45, 7) is 5.52. The van der Waals surface area contributed by atoms with Crippen LogP contribution in [0.5, 0.6) is 0 Å². The molecule has 0 saturated heterocycles. The van der Waals surface area contributed by atoms with Crippen molar-refractivity contribution in [2.75, 3.05) is 0 Å². The minimum Gasteiger partial charge on any atom is -0.480 e. The molecule has 2 heterocycles. The largest absolute Gasteiger partial charge is 0.480 e. The van der Waals surface area contributed by atoms with E-state index in [2.05, 4.69) is 15.3 Å². The van der Waals surface area contributed by atoms with Gasteiger partial charge in [-0.2, -0.15) is 0 Å². The first-order valence-electron chi connectivity index (χ1n) is 8.97. The average molecular weight is 383 g/mol. The molecule has 0 spiro atoms. The van der Waals surface area contributed by atoms with Gasteiger partial charge in [-0.15, -0.1) is 0 Å². The predicted molar refractivity (Wildman–Crippen MR) is 104 cm³/mol. The lowest BCUT2D eigenvalue weighted by molar-refractivity contribution is -0.143. The lowest BCUT2D eigenvalue weighted by Crippen LogP contribution is -2.53. The Hall–Kier alpha value is -3.22. The van der Waals surface area contributed by atoms with Crippen LogP contribution in [0.2, 0.25) is 0 Å². The number of carbonyl (C=O) groups is 2. The number of carbonyl (C=O) groups excluding carboxylic acids is 1. The van der Waals surface area contributed by atoms with E-state index in [9.17, 15) is 19.1 Å². The monoisotopic (exact) mass is 383 g/mol. The number of aliphatic carboxylic acids is 1. The number of aromatic nitrogens is 2. The highest BCUT2D eigenvalue weighted by atomic mass is 19.1. The summed E-state index contributed by atoms with van der Waals surface area (Å²) in [5, 5.41) is 12.2. The van der Waals surface area contributed by atoms with E-state index in [4.69, 9.17) is 0 Å². The Labute approximate surface area is 161 Å². The van der Waals surface area contributed by atoms with Crippen molar-refractivity contribution >= 4 is 22.9 Å². The Kier molecular flexibility index (Phi) is 5.18. The molecular weight excluding hydrogens is 361 g/mol. The zero-order valence-electron chi connectivity index (χ0n) is 15.9. The van der Waals surface area contributed by atoms with E-state index in [0.29, 0.717) is 22.5 Å². The first-order chi connectivity index (χ1) is 13.2. The number of amides is 1. The minimum absolute atomic E-state index is 0.0182. The van der Waals surface area contributed by atoms with Crippen LogP contribution in [0.4, 0.5) is 4.39 Å². The minimum atomic E-state index is -1.55. The number of carboxylic acids is 1. The Morgan fingerprint density at radius 2 is 1.93 bits per heavy atom. The second-order valence-electron chi connectivity index (χ2n) is 7.43. The molecule has 0 radical (unpaired) electrons. The summed E-state index contributed by atoms with van der Waals surface area (Å²) in [7, 11) is 0. The van der Waals surface area contributed by atoms with Gasteiger partial charge in [0.2, 0.25) is 0 Å². The molecule has 0 fully saturated rings. The Balaban J connectivity index is 1.84. The number of hydrogen-bond acceptors (Lipinski definition) is 3. The number of carboxylic acid groups (broad SMARTS) is 1. The van der Waals surface area contributed by atoms with Gasteiger partial charge in [0.1, 0.15) is 17.1 Å². The molecule has 7 heteroatoms. The average Bonchev–Trinajstić information content (AvgIpc) is 3.07. The fourth-order valence-corrected chi connectivity index (χ4v) is 2.96. The quantitative estimate of drug-likeness (QED) is 0.606. The van der Waals surface area contributed by atoms with Gasteiger partial charge in [0.15, 0.2) is 0 Å². The van der Waals surface area contributed by atoms with Gasteiger partial charge in [-0.05, 0) is 48.2 Å². The summed E-state index contributed by atoms with van der Waals surface area (Å²) in [5.41, 5.74) is 1.66. The maximum absolute atomic E-state index is 13.1. The smallest absolute Gasteiger partial charge is 0.329 e. The molecule has 28 heavy (non-hydrogen) atoms. The van der Waals surface area contributed by atoms with Crippen LogP contribution in [0.3, 0.4) is 0 Å². The lowest BCUT2D eigenvalue weighted by Gasteiger charge is -2.26. The van der Waals surface area contributed by atoms with Crippen LogP contribution < -0.4 is 5.32 Å². The SMILES string of the molecule is CC(C)c1cnc2cc(C(=O)NC(C)(Cc3ccc(F)cc3)C(=O)O)[nH]c2c1. The van der Waals surface area contributed by atoms with E-state index >= 15 is 0 Å². The highest BCUT2D eigenvalue weighted by Gasteiger charge is 2.35. The molecule has 0 aliphatic rings. The Morgan fingerprint density at radius 1 is 1.25 bits per heavy atom. The van der Waals surface area contributed by atoms with Gasteiger partial charge in [-0.1, -0.05) is 26.0 Å². The van der Waals surface area contributed by atoms with Crippen molar-refractivity contribution in [2.24, 2.45) is 0 Å². The number of fused-ring (bicyclic) bond motifs is 1. The van der Waals surface area contributed by atoms with Crippen molar-refractivity contribution in [1.29, 1.82) is 0 Å². The van der Waals surface area contributed by atoms with E-state index in [1.165, 1.54) is 31.2 Å². The number of H-pyrrole nitrogens is 1. The molecule has 1 unspecified atom stereocenters. The third kappa shape index (κ3) is 4.03. The normalized spacial score (nSPS) is 13.5. The van der Waals surface area contributed by atoms with Gasteiger partial charge in [-0.25, -0.2) is 9.18 Å². The summed E-state index contributed by atoms with van der Waals surface area (Å²) in [6.07, 6.45) is 1.78. The molecule has 0 aliphatic carbocycles. The van der Waals surface area contributed by atoms with Crippen LogP contribution in [0.25, 0.3) is 11.0 Å². The van der Waals surface area contributed by atoms with Crippen LogP contribution in [0.1, 0.15) is 48.3 Å². The molecule has 0 bridgehead atoms. The van der Waals surface area contributed by atoms with Crippen LogP contribution in [-0.2, 0) is 11.2 Å². The molecule has 3 N–H and O–H groups in total. The first-order valence-corrected chi connectivity index (χ1v) is 8.97. The van der Waals surface area contributed by atoms with Gasteiger partial charge in [0, 0.05) is 12.6 Å². The summed E-state index contributed by atoms with van der Waals surface area (Å²) >= 11 is 0. The van der Waals surface area contributed by atoms with Gasteiger partial charge in [-0.3, -0.25) is 9.78 Å². The van der Waals surface area contributed by atoms with E-state index in [0.717, 1.165) is 5.56 Å². The second-order valence-corrected chi connectivity index (χ2v) is 7.43. The van der Waals surface area contributed by atoms with Gasteiger partial charge < -0.3 is 15.4 Å². The van der Waals surface area contributed by atoms with Crippen LogP contribution >= 0.6 is 0 Å². The number of nitrogens with zero attached hydrogens (tertiary/aromatic N) is 1. The van der Waals surface area contributed by atoms with Gasteiger partial charge in [0.05, 0.1) is 11.0 Å². The molecule has 1 aromatic carbocycles. The first kappa shape index (κ1) is 19.5. The summed E-state index contributed by atoms with van der Waals surface area (Å²) in [5.74, 6) is -1.84. The molecule has 0 saturated carbocycles. The number of halogens is 1. The van der Waals surface area contributed by atoms with Gasteiger partial charge in [0.25, 0.3) is 5.91 Å². The fourth-order valence-electron chi connectivity index (χ4n) is 2.96. The number of rotatable bonds is 6. The van der Waals surface area contributed by atoms with Crippen molar-refractivity contribution in [3.05, 3.63) is 65.2 Å². The zero-order chi connectivity index (χ0) is 20.5. The summed E-state index contributed by atoms with van der Waals surface area (Å²) in [6, 6.07) is 9.05. The van der Waals surface area contributed by atoms with Crippen LogP contribution in [-0.4, -0.2) is 32.5 Å². The maximum atomic E-state index is 13.1. The molecule has 1 amide bonds. The maximum Gasteiger partial charge on any atom is 0.329 e. The third-order valence-electron chi connectivity index (χ3n) is 4.73. The standard InChI is InChI=1S/C21H22FN3O3/c1-12(2)14-8-17-16(23-11-14)9-18(24-17)19(26)25-21(3,20(27)28)10-13-4-6-15(22)7-5-13/h4-9,11-12,24H,10H2,1-3H3,(H,25,26)(H,27,28). The Morgan fingerprint density at radius 3 is 2.54 bits per heavy atom. The van der Waals surface area contributed by atoms with E-state index in [1.54, 1.807) is 12.3 Å². The summed E-state index contributed by atoms with van der Waals surface area (Å²) < 4.78 is 13.1. The van der Waals surface area contributed by atoms with Crippen molar-refractivity contribution in [3.63, 3.8) is 0 Å². The van der Waals surface area contributed by atoms with Gasteiger partial charge >= 0.3 is 5.97 Å². The van der Waals surface area contributed by atoms with Crippen molar-refractivity contribution in [2.45, 2.75) is 38.6 Å². The summed E-state index contributed by atoms with van der Waals surface area (Å²) in [4.78, 5) is 31.9. The second kappa shape index (κ2) is 7.42. The number of pyridine rings is 1. The van der Waals surface area contributed by atoms with Crippen molar-refractivity contribution in [1.82, 2.24) is 15.3 Å². The Bertz CT molecular complexity index is 1030. The lowest BCUT2D eigenvalue weighted by atomic mass is 9.92. The van der Waals surface area contributed by atoms with Crippen LogP contribution in [0, 0.1) is 5.82 Å². The fraction of sp³-hybridized carbons (Fsp3) is 0.286. The number of hydrogen-bond donors (Lipinski definition) is 3. The van der Waals surface area contributed by atoms with Crippen LogP contribution in [0.15, 0.2) is 42.6 Å². The third-order valence-corrected chi connectivity index (χ3v) is 4.73. The molecular formula is C21H22FN3O3. The van der Waals surface area contributed by atoms with E-state index in [-0.39, 0.29) is 12.1 Å². The molecule has 1 atom stereocenters. The molecule has 6 nitrogen and oxygen atoms in total. The molecule has 3 aromatic rings. The highest BCUT2D eigenvalue weighted by molar-refractivity contribution is 5.99. The number of benzene rings is 1. The zero-order valence-corrected chi connectivity index (χ0v) is 15.9. The van der Waals surface area contributed by atoms with E-state index in [1.807, 2.05) is 19.9 Å². The highest BCUT2D eigenvalue weighted by Crippen LogP contribution is 2.21. The topological polar surface area (TPSA) is 95.1 Å². The van der Waals surface area contributed by atoms with Crippen molar-refractivity contribution < 1.29 is 19.1 Å². The number of aromatic amines is 1. The predicted octanol–water partition coefficient (Wildman–Crippen LogP) is 3.64. The number of nitrogens with one attached hydrogen (secondary N) is 2. The van der Waals surface area contributed by atoms with Crippen molar-refractivity contribution in [3.8, 4) is 0 Å². The molecule has 146 valence electrons. The molecule has 0 aliphatic heterocycles. The molecule has 2 aromatic heterocycles. The van der Waals surface area contributed by atoms with E-state index < -0.39 is 23.2 Å².